The Hall–Kier alpha value is -4.68. The maximum atomic E-state index is 14.2. The first-order valence-corrected chi connectivity index (χ1v) is 16.9. The van der Waals surface area contributed by atoms with Crippen molar-refractivity contribution in [2.45, 2.75) is 75.1 Å². The maximum absolute atomic E-state index is 14.2. The summed E-state index contributed by atoms with van der Waals surface area (Å²) in [6.07, 6.45) is 1.67. The van der Waals surface area contributed by atoms with Crippen LogP contribution in [0.1, 0.15) is 55.2 Å². The Labute approximate surface area is 288 Å². The lowest BCUT2D eigenvalue weighted by molar-refractivity contribution is -0.141. The van der Waals surface area contributed by atoms with Gasteiger partial charge in [0.05, 0.1) is 31.6 Å². The van der Waals surface area contributed by atoms with Gasteiger partial charge < -0.3 is 30.5 Å². The van der Waals surface area contributed by atoms with E-state index in [-0.39, 0.29) is 43.0 Å². The number of hydrogen-bond acceptors (Lipinski definition) is 6. The molecule has 3 aromatic carbocycles. The molecule has 3 aromatic rings. The topological polar surface area (TPSA) is 128 Å². The molecule has 12 heteroatoms. The van der Waals surface area contributed by atoms with Gasteiger partial charge in [-0.3, -0.25) is 14.4 Å². The van der Waals surface area contributed by atoms with E-state index >= 15 is 0 Å². The van der Waals surface area contributed by atoms with Crippen LogP contribution in [0.25, 0.3) is 5.57 Å². The molecule has 3 aliphatic rings. The molecule has 2 fully saturated rings. The second-order valence-corrected chi connectivity index (χ2v) is 13.5. The zero-order valence-corrected chi connectivity index (χ0v) is 27.5. The van der Waals surface area contributed by atoms with Crippen molar-refractivity contribution in [2.75, 3.05) is 19.7 Å². The summed E-state index contributed by atoms with van der Waals surface area (Å²) < 4.78 is 46.5. The quantitative estimate of drug-likeness (QED) is 0.144. The van der Waals surface area contributed by atoms with E-state index in [4.69, 9.17) is 9.84 Å². The average molecular weight is 692 g/mol. The Morgan fingerprint density at radius 1 is 0.940 bits per heavy atom. The number of rotatable bonds is 14. The molecule has 2 amide bonds. The molecule has 4 N–H and O–H groups in total. The van der Waals surface area contributed by atoms with E-state index in [1.165, 1.54) is 0 Å². The molecule has 1 saturated heterocycles. The number of aliphatic carboxylic acids is 1. The lowest BCUT2D eigenvalue weighted by atomic mass is 9.82. The highest BCUT2D eigenvalue weighted by atomic mass is 19.2. The fraction of sp³-hybridized carbons (Fsp3) is 0.395. The van der Waals surface area contributed by atoms with Crippen LogP contribution in [0.15, 0.2) is 72.3 Å². The Morgan fingerprint density at radius 3 is 2.36 bits per heavy atom. The molecule has 2 bridgehead atoms. The molecule has 6 rings (SSSR count). The minimum Gasteiger partial charge on any atom is -0.488 e. The van der Waals surface area contributed by atoms with Crippen molar-refractivity contribution in [3.63, 3.8) is 0 Å². The number of fused-ring (bicyclic) bond motifs is 2. The standard InChI is InChI=1S/C38H40F3N3O6/c39-29-12-13-30(40)36(35(29)41)50-16-4-7-23-8-10-25(11-9-23)28-17-26-21-44(32(46)18-27(45)19-33(47)48)22-31(42-26)34(28)37(49)43-38(14-15-38)20-24-5-2-1-3-6-24/h1-3,5-6,8-13,26-27,31,42,45H,4,7,14-22H2,(H,43,49)(H,47,48)/t26-,27+,31-/m1/s1. The number of nitrogens with zero attached hydrogens (tertiary/aromatic N) is 1. The van der Waals surface area contributed by atoms with E-state index in [2.05, 4.69) is 10.6 Å². The summed E-state index contributed by atoms with van der Waals surface area (Å²) in [7, 11) is 0. The fourth-order valence-electron chi connectivity index (χ4n) is 6.95. The van der Waals surface area contributed by atoms with Crippen molar-refractivity contribution in [3.8, 4) is 5.75 Å². The average Bonchev–Trinajstić information content (AvgIpc) is 3.84. The lowest BCUT2D eigenvalue weighted by Gasteiger charge is -2.44. The van der Waals surface area contributed by atoms with Gasteiger partial charge in [-0.25, -0.2) is 8.78 Å². The van der Waals surface area contributed by atoms with Crippen LogP contribution in [0.4, 0.5) is 13.2 Å². The number of carbonyl (C=O) groups is 3. The van der Waals surface area contributed by atoms with Gasteiger partial charge in [0.1, 0.15) is 0 Å². The molecule has 3 atom stereocenters. The van der Waals surface area contributed by atoms with Crippen molar-refractivity contribution in [3.05, 3.63) is 106 Å². The summed E-state index contributed by atoms with van der Waals surface area (Å²) in [5.41, 5.74) is 3.99. The molecule has 264 valence electrons. The number of benzene rings is 3. The number of piperazine rings is 1. The van der Waals surface area contributed by atoms with Crippen LogP contribution in [0.2, 0.25) is 0 Å². The van der Waals surface area contributed by atoms with Crippen LogP contribution in [0, 0.1) is 17.5 Å². The zero-order chi connectivity index (χ0) is 35.4. The third kappa shape index (κ3) is 8.36. The SMILES string of the molecule is O=C(O)C[C@@H](O)CC(=O)N1C[C@H]2CC(c3ccc(CCCOc4c(F)ccc(F)c4F)cc3)=C(C(=O)NC3(Cc4ccccc4)CC3)[C@@H](C1)N2. The predicted molar refractivity (Wildman–Crippen MR) is 179 cm³/mol. The van der Waals surface area contributed by atoms with Gasteiger partial charge >= 0.3 is 5.97 Å². The first kappa shape index (κ1) is 35.2. The molecule has 0 aromatic heterocycles. The normalized spacial score (nSPS) is 19.9. The number of hydrogen-bond donors (Lipinski definition) is 4. The predicted octanol–water partition coefficient (Wildman–Crippen LogP) is 4.56. The summed E-state index contributed by atoms with van der Waals surface area (Å²) in [5, 5.41) is 26.0. The van der Waals surface area contributed by atoms with Crippen molar-refractivity contribution in [1.82, 2.24) is 15.5 Å². The maximum Gasteiger partial charge on any atom is 0.305 e. The number of carbonyl (C=O) groups excluding carboxylic acids is 2. The van der Waals surface area contributed by atoms with Gasteiger partial charge in [0, 0.05) is 30.2 Å². The van der Waals surface area contributed by atoms with Crippen LogP contribution < -0.4 is 15.4 Å². The molecule has 50 heavy (non-hydrogen) atoms. The molecule has 0 spiro atoms. The van der Waals surface area contributed by atoms with E-state index in [1.54, 1.807) is 4.90 Å². The lowest BCUT2D eigenvalue weighted by Crippen LogP contribution is -2.62. The van der Waals surface area contributed by atoms with Crippen LogP contribution in [0.3, 0.4) is 0 Å². The van der Waals surface area contributed by atoms with Gasteiger partial charge in [0.25, 0.3) is 0 Å². The van der Waals surface area contributed by atoms with Gasteiger partial charge in [-0.15, -0.1) is 0 Å². The molecule has 2 heterocycles. The highest BCUT2D eigenvalue weighted by Gasteiger charge is 2.47. The van der Waals surface area contributed by atoms with E-state index in [0.29, 0.717) is 43.9 Å². The van der Waals surface area contributed by atoms with E-state index < -0.39 is 47.7 Å². The molecule has 0 radical (unpaired) electrons. The smallest absolute Gasteiger partial charge is 0.305 e. The number of carboxylic acid groups (broad SMARTS) is 1. The minimum absolute atomic E-state index is 0.0170. The Kier molecular flexibility index (Phi) is 10.6. The summed E-state index contributed by atoms with van der Waals surface area (Å²) >= 11 is 0. The first-order chi connectivity index (χ1) is 24.0. The largest absolute Gasteiger partial charge is 0.488 e. The van der Waals surface area contributed by atoms with Crippen LogP contribution in [-0.4, -0.2) is 76.3 Å². The molecule has 0 unspecified atom stereocenters. The Morgan fingerprint density at radius 2 is 1.66 bits per heavy atom. The number of ether oxygens (including phenoxy) is 1. The summed E-state index contributed by atoms with van der Waals surface area (Å²) in [5.74, 6) is -6.00. The molecule has 1 aliphatic carbocycles. The fourth-order valence-corrected chi connectivity index (χ4v) is 6.95. The van der Waals surface area contributed by atoms with Crippen molar-refractivity contribution in [1.29, 1.82) is 0 Å². The molecular weight excluding hydrogens is 651 g/mol. The number of halogens is 3. The van der Waals surface area contributed by atoms with Gasteiger partial charge in [-0.2, -0.15) is 4.39 Å². The third-order valence-electron chi connectivity index (χ3n) is 9.60. The van der Waals surface area contributed by atoms with Crippen LogP contribution >= 0.6 is 0 Å². The van der Waals surface area contributed by atoms with Gasteiger partial charge in [0.15, 0.2) is 17.4 Å². The number of aliphatic hydroxyl groups excluding tert-OH is 1. The van der Waals surface area contributed by atoms with Crippen molar-refractivity contribution >= 4 is 23.4 Å². The number of nitrogens with one attached hydrogen (secondary N) is 2. The number of carboxylic acids is 1. The molecule has 9 nitrogen and oxygen atoms in total. The highest BCUT2D eigenvalue weighted by Crippen LogP contribution is 2.40. The van der Waals surface area contributed by atoms with Crippen molar-refractivity contribution < 1.29 is 42.5 Å². The molecule has 1 saturated carbocycles. The molecule has 2 aliphatic heterocycles. The van der Waals surface area contributed by atoms with Gasteiger partial charge in [-0.05, 0) is 72.9 Å². The molecular formula is C38H40F3N3O6. The van der Waals surface area contributed by atoms with Gasteiger partial charge in [-0.1, -0.05) is 54.6 Å². The Balaban J connectivity index is 1.19. The summed E-state index contributed by atoms with van der Waals surface area (Å²) in [6, 6.07) is 18.6. The van der Waals surface area contributed by atoms with E-state index in [0.717, 1.165) is 41.2 Å². The highest BCUT2D eigenvalue weighted by molar-refractivity contribution is 6.03. The number of aliphatic hydroxyl groups is 1. The second kappa shape index (κ2) is 15.1. The van der Waals surface area contributed by atoms with Crippen LogP contribution in [-0.2, 0) is 27.2 Å². The Bertz CT molecular complexity index is 1760. The van der Waals surface area contributed by atoms with Crippen molar-refractivity contribution in [2.24, 2.45) is 0 Å². The number of amides is 2. The van der Waals surface area contributed by atoms with E-state index in [1.807, 2.05) is 54.6 Å². The van der Waals surface area contributed by atoms with Gasteiger partial charge in [0.2, 0.25) is 17.6 Å². The summed E-state index contributed by atoms with van der Waals surface area (Å²) in [4.78, 5) is 40.0. The monoisotopic (exact) mass is 691 g/mol. The van der Waals surface area contributed by atoms with Crippen LogP contribution in [0.5, 0.6) is 5.75 Å². The minimum atomic E-state index is -1.36. The first-order valence-electron chi connectivity index (χ1n) is 16.9. The number of aryl methyl sites for hydroxylation is 1. The second-order valence-electron chi connectivity index (χ2n) is 13.5. The third-order valence-corrected chi connectivity index (χ3v) is 9.60. The van der Waals surface area contributed by atoms with E-state index in [9.17, 15) is 32.7 Å². The summed E-state index contributed by atoms with van der Waals surface area (Å²) in [6.45, 7) is 0.518. The zero-order valence-electron chi connectivity index (χ0n) is 27.5.